The third kappa shape index (κ3) is 6.16. The van der Waals surface area contributed by atoms with E-state index in [4.69, 9.17) is 10.2 Å². The lowest BCUT2D eigenvalue weighted by atomic mass is 10.6. The van der Waals surface area contributed by atoms with Crippen molar-refractivity contribution in [1.29, 1.82) is 0 Å². The molecule has 0 aliphatic heterocycles. The van der Waals surface area contributed by atoms with Crippen molar-refractivity contribution in [2.24, 2.45) is 0 Å². The molecule has 5 heteroatoms. The minimum Gasteiger partial charge on any atom is -0.349 e. The summed E-state index contributed by atoms with van der Waals surface area (Å²) in [7, 11) is 0. The summed E-state index contributed by atoms with van der Waals surface area (Å²) in [6, 6.07) is 0. The van der Waals surface area contributed by atoms with Gasteiger partial charge in [0.25, 0.3) is 0 Å². The Hall–Kier alpha value is 0.160. The van der Waals surface area contributed by atoms with Gasteiger partial charge in [-0.25, -0.2) is 0 Å². The number of thiol groups is 1. The Morgan fingerprint density at radius 3 is 2.12 bits per heavy atom. The number of hydrogen-bond donors (Lipinski definition) is 4. The van der Waals surface area contributed by atoms with Crippen LogP contribution in [0.1, 0.15) is 6.92 Å². The van der Waals surface area contributed by atoms with E-state index < -0.39 is 5.91 Å². The van der Waals surface area contributed by atoms with Crippen molar-refractivity contribution in [3.05, 3.63) is 0 Å². The molecule has 0 aromatic rings. The van der Waals surface area contributed by atoms with Gasteiger partial charge in [0, 0.05) is 6.92 Å². The summed E-state index contributed by atoms with van der Waals surface area (Å²) in [6.07, 6.45) is 0. The SMILES string of the molecule is CC(O)(O)NC(=S)S. The first-order valence-electron chi connectivity index (χ1n) is 1.87. The van der Waals surface area contributed by atoms with Gasteiger partial charge in [0.2, 0.25) is 5.91 Å². The molecule has 0 heterocycles. The molecule has 0 bridgehead atoms. The van der Waals surface area contributed by atoms with Gasteiger partial charge in [-0.3, -0.25) is 0 Å². The summed E-state index contributed by atoms with van der Waals surface area (Å²) in [5.74, 6) is -1.95. The van der Waals surface area contributed by atoms with Crippen molar-refractivity contribution in [1.82, 2.24) is 5.32 Å². The van der Waals surface area contributed by atoms with Gasteiger partial charge in [0.05, 0.1) is 0 Å². The fourth-order valence-corrected chi connectivity index (χ4v) is 0.608. The van der Waals surface area contributed by atoms with E-state index in [2.05, 4.69) is 30.2 Å². The van der Waals surface area contributed by atoms with Crippen molar-refractivity contribution in [3.63, 3.8) is 0 Å². The molecule has 0 rings (SSSR count). The zero-order valence-electron chi connectivity index (χ0n) is 4.25. The summed E-state index contributed by atoms with van der Waals surface area (Å²) in [5.41, 5.74) is 0. The Morgan fingerprint density at radius 1 is 1.75 bits per heavy atom. The second kappa shape index (κ2) is 2.63. The Balaban J connectivity index is 3.55. The molecule has 0 aromatic carbocycles. The molecule has 3 nitrogen and oxygen atoms in total. The van der Waals surface area contributed by atoms with Crippen LogP contribution in [0, 0.1) is 0 Å². The lowest BCUT2D eigenvalue weighted by Crippen LogP contribution is -2.43. The van der Waals surface area contributed by atoms with Crippen LogP contribution in [-0.2, 0) is 0 Å². The quantitative estimate of drug-likeness (QED) is 0.232. The van der Waals surface area contributed by atoms with Gasteiger partial charge in [0.15, 0.2) is 0 Å². The van der Waals surface area contributed by atoms with Gasteiger partial charge >= 0.3 is 0 Å². The summed E-state index contributed by atoms with van der Waals surface area (Å²) >= 11 is 7.97. The van der Waals surface area contributed by atoms with Crippen LogP contribution < -0.4 is 5.32 Å². The Kier molecular flexibility index (Phi) is 2.68. The first-order valence-corrected chi connectivity index (χ1v) is 2.73. The van der Waals surface area contributed by atoms with E-state index >= 15 is 0 Å². The van der Waals surface area contributed by atoms with Gasteiger partial charge in [-0.05, 0) is 0 Å². The molecule has 8 heavy (non-hydrogen) atoms. The fourth-order valence-electron chi connectivity index (χ4n) is 0.203. The summed E-state index contributed by atoms with van der Waals surface area (Å²) in [6.45, 7) is 1.15. The van der Waals surface area contributed by atoms with E-state index in [1.807, 2.05) is 0 Å². The third-order valence-corrected chi connectivity index (χ3v) is 0.558. The number of rotatable bonds is 1. The first kappa shape index (κ1) is 8.16. The maximum Gasteiger partial charge on any atom is 0.242 e. The molecule has 0 saturated carbocycles. The number of thiocarbonyl (C=S) groups is 1. The van der Waals surface area contributed by atoms with E-state index in [1.54, 1.807) is 0 Å². The molecule has 0 spiro atoms. The van der Waals surface area contributed by atoms with Gasteiger partial charge in [-0.2, -0.15) is 0 Å². The molecular weight excluding hydrogens is 146 g/mol. The molecule has 0 radical (unpaired) electrons. The van der Waals surface area contributed by atoms with Crippen LogP contribution in [0.3, 0.4) is 0 Å². The lowest BCUT2D eigenvalue weighted by Gasteiger charge is -2.16. The Bertz CT molecular complexity index is 97.9. The average Bonchev–Trinajstić information content (AvgIpc) is 1.21. The van der Waals surface area contributed by atoms with Crippen LogP contribution in [0.2, 0.25) is 0 Å². The summed E-state index contributed by atoms with van der Waals surface area (Å²) in [5, 5.41) is 19.1. The highest BCUT2D eigenvalue weighted by Crippen LogP contribution is 1.91. The largest absolute Gasteiger partial charge is 0.349 e. The molecule has 0 saturated heterocycles. The summed E-state index contributed by atoms with van der Waals surface area (Å²) < 4.78 is 0.0532. The summed E-state index contributed by atoms with van der Waals surface area (Å²) in [4.78, 5) is 0. The van der Waals surface area contributed by atoms with Crippen molar-refractivity contribution in [2.75, 3.05) is 0 Å². The maximum absolute atomic E-state index is 8.50. The molecule has 0 fully saturated rings. The zero-order chi connectivity index (χ0) is 6.78. The molecule has 48 valence electrons. The molecule has 0 amide bonds. The van der Waals surface area contributed by atoms with Gasteiger partial charge in [-0.1, -0.05) is 12.2 Å². The van der Waals surface area contributed by atoms with Crippen molar-refractivity contribution < 1.29 is 10.2 Å². The number of nitrogens with one attached hydrogen (secondary N) is 1. The predicted molar refractivity (Wildman–Crippen MR) is 37.6 cm³/mol. The molecule has 0 aliphatic carbocycles. The van der Waals surface area contributed by atoms with Crippen LogP contribution in [0.25, 0.3) is 0 Å². The Labute approximate surface area is 58.1 Å². The van der Waals surface area contributed by atoms with Gasteiger partial charge in [0.1, 0.15) is 4.32 Å². The fraction of sp³-hybridized carbons (Fsp3) is 0.667. The van der Waals surface area contributed by atoms with E-state index in [0.717, 1.165) is 6.92 Å². The molecule has 0 aliphatic rings. The monoisotopic (exact) mass is 153 g/mol. The minimum atomic E-state index is -1.95. The van der Waals surface area contributed by atoms with Crippen LogP contribution in [0.4, 0.5) is 0 Å². The van der Waals surface area contributed by atoms with Gasteiger partial charge in [-0.15, -0.1) is 12.6 Å². The van der Waals surface area contributed by atoms with E-state index in [0.29, 0.717) is 0 Å². The maximum atomic E-state index is 8.50. The molecular formula is C3H7NO2S2. The normalized spacial score (nSPS) is 11.0. The zero-order valence-corrected chi connectivity index (χ0v) is 5.96. The highest BCUT2D eigenvalue weighted by molar-refractivity contribution is 8.11. The smallest absolute Gasteiger partial charge is 0.242 e. The highest BCUT2D eigenvalue weighted by atomic mass is 32.1. The lowest BCUT2D eigenvalue weighted by molar-refractivity contribution is -0.154. The van der Waals surface area contributed by atoms with Crippen LogP contribution in [-0.4, -0.2) is 20.4 Å². The van der Waals surface area contributed by atoms with Crippen LogP contribution >= 0.6 is 24.8 Å². The molecule has 0 aromatic heterocycles. The van der Waals surface area contributed by atoms with Crippen molar-refractivity contribution in [3.8, 4) is 0 Å². The van der Waals surface area contributed by atoms with E-state index in [9.17, 15) is 0 Å². The predicted octanol–water partition coefficient (Wildman–Crippen LogP) is -0.551. The Morgan fingerprint density at radius 2 is 2.12 bits per heavy atom. The molecule has 0 atom stereocenters. The van der Waals surface area contributed by atoms with Crippen LogP contribution in [0.15, 0.2) is 0 Å². The second-order valence-electron chi connectivity index (χ2n) is 1.45. The number of hydrogen-bond acceptors (Lipinski definition) is 3. The topological polar surface area (TPSA) is 52.5 Å². The molecule has 0 unspecified atom stereocenters. The first-order chi connectivity index (χ1) is 3.42. The van der Waals surface area contributed by atoms with E-state index in [-0.39, 0.29) is 4.32 Å². The number of aliphatic hydroxyl groups is 2. The van der Waals surface area contributed by atoms with E-state index in [1.165, 1.54) is 0 Å². The van der Waals surface area contributed by atoms with Gasteiger partial charge < -0.3 is 15.5 Å². The van der Waals surface area contributed by atoms with Crippen molar-refractivity contribution in [2.45, 2.75) is 12.8 Å². The third-order valence-electron chi connectivity index (χ3n) is 0.344. The molecule has 3 N–H and O–H groups in total. The average molecular weight is 153 g/mol. The second-order valence-corrected chi connectivity index (χ2v) is 2.61. The van der Waals surface area contributed by atoms with Crippen molar-refractivity contribution >= 4 is 29.2 Å². The minimum absolute atomic E-state index is 0.0532. The highest BCUT2D eigenvalue weighted by Gasteiger charge is 2.12. The van der Waals surface area contributed by atoms with Crippen LogP contribution in [0.5, 0.6) is 0 Å². The standard InChI is InChI=1S/C3H7NO2S2/c1-3(5,6)4-2(7)8/h5-6H,1H3,(H2,4,7,8).